The van der Waals surface area contributed by atoms with Crippen LogP contribution >= 0.6 is 0 Å². The molecule has 0 bridgehead atoms. The molecule has 1 aliphatic heterocycles. The number of para-hydroxylation sites is 6. The van der Waals surface area contributed by atoms with Crippen molar-refractivity contribution in [2.45, 2.75) is 19.3 Å². The predicted octanol–water partition coefficient (Wildman–Crippen LogP) is 14.4. The normalized spacial score (nSPS) is 13.7. The summed E-state index contributed by atoms with van der Waals surface area (Å²) in [6.07, 6.45) is 0. The van der Waals surface area contributed by atoms with E-state index in [1.807, 2.05) is 18.2 Å². The molecule has 0 saturated heterocycles. The molecule has 8 aromatic carbocycles. The minimum absolute atomic E-state index is 0.244. The van der Waals surface area contributed by atoms with E-state index in [0.29, 0.717) is 0 Å². The number of rotatable bonds is 3. The first-order valence-electron chi connectivity index (χ1n) is 18.9. The maximum absolute atomic E-state index is 6.61. The average molecular weight is 707 g/mol. The lowest BCUT2D eigenvalue weighted by atomic mass is 9.73. The first kappa shape index (κ1) is 30.4. The summed E-state index contributed by atoms with van der Waals surface area (Å²) in [5.41, 5.74) is 15.0. The Bertz CT molecular complexity index is 3370. The quantitative estimate of drug-likeness (QED) is 0.183. The summed E-state index contributed by atoms with van der Waals surface area (Å²) >= 11 is 0. The number of aromatic nitrogens is 1. The second kappa shape index (κ2) is 11.0. The van der Waals surface area contributed by atoms with Gasteiger partial charge < -0.3 is 18.3 Å². The SMILES string of the molecule is CC1(C)c2ccccc2N(c2cccc3c2oc2ccccc23)c2ccc(-c3ccc4c(c3)c3ccccc3n4-c3cccc4c3oc3ccccc34)cc21. The molecular formula is C51H34N2O2. The van der Waals surface area contributed by atoms with Crippen molar-refractivity contribution in [3.63, 3.8) is 0 Å². The van der Waals surface area contributed by atoms with Crippen LogP contribution in [0.4, 0.5) is 17.1 Å². The predicted molar refractivity (Wildman–Crippen MR) is 228 cm³/mol. The molecule has 0 fully saturated rings. The van der Waals surface area contributed by atoms with Gasteiger partial charge in [-0.3, -0.25) is 0 Å². The van der Waals surface area contributed by atoms with Crippen molar-refractivity contribution in [1.29, 1.82) is 0 Å². The molecule has 260 valence electrons. The highest BCUT2D eigenvalue weighted by Crippen LogP contribution is 2.54. The van der Waals surface area contributed by atoms with Crippen molar-refractivity contribution in [3.05, 3.63) is 181 Å². The summed E-state index contributed by atoms with van der Waals surface area (Å²) in [6.45, 7) is 4.70. The fourth-order valence-corrected chi connectivity index (χ4v) is 9.37. The lowest BCUT2D eigenvalue weighted by molar-refractivity contribution is 0.631. The van der Waals surface area contributed by atoms with E-state index in [0.717, 1.165) is 72.0 Å². The summed E-state index contributed by atoms with van der Waals surface area (Å²) < 4.78 is 15.5. The van der Waals surface area contributed by atoms with Crippen molar-refractivity contribution in [1.82, 2.24) is 4.57 Å². The lowest BCUT2D eigenvalue weighted by Gasteiger charge is -2.42. The van der Waals surface area contributed by atoms with Crippen LogP contribution in [0.1, 0.15) is 25.0 Å². The van der Waals surface area contributed by atoms with E-state index in [4.69, 9.17) is 8.83 Å². The van der Waals surface area contributed by atoms with Crippen LogP contribution in [-0.4, -0.2) is 4.57 Å². The Hall–Kier alpha value is -7.04. The molecule has 0 spiro atoms. The van der Waals surface area contributed by atoms with E-state index in [-0.39, 0.29) is 5.41 Å². The van der Waals surface area contributed by atoms with Crippen LogP contribution in [0.15, 0.2) is 179 Å². The molecule has 0 amide bonds. The van der Waals surface area contributed by atoms with E-state index < -0.39 is 0 Å². The van der Waals surface area contributed by atoms with Crippen LogP contribution in [0.5, 0.6) is 0 Å². The average Bonchev–Trinajstić information content (AvgIpc) is 3.91. The van der Waals surface area contributed by atoms with Crippen molar-refractivity contribution >= 4 is 82.7 Å². The summed E-state index contributed by atoms with van der Waals surface area (Å²) in [5, 5.41) is 6.93. The number of benzene rings is 8. The van der Waals surface area contributed by atoms with Crippen LogP contribution in [0.2, 0.25) is 0 Å². The largest absolute Gasteiger partial charge is 0.454 e. The highest BCUT2D eigenvalue weighted by atomic mass is 16.3. The molecule has 0 aliphatic carbocycles. The first-order chi connectivity index (χ1) is 27.0. The van der Waals surface area contributed by atoms with Crippen LogP contribution < -0.4 is 4.90 Å². The van der Waals surface area contributed by atoms with Gasteiger partial charge in [0.2, 0.25) is 0 Å². The topological polar surface area (TPSA) is 34.5 Å². The Kier molecular flexibility index (Phi) is 6.09. The third-order valence-electron chi connectivity index (χ3n) is 12.0. The van der Waals surface area contributed by atoms with Gasteiger partial charge in [-0.2, -0.15) is 0 Å². The highest BCUT2D eigenvalue weighted by molar-refractivity contribution is 6.14. The van der Waals surface area contributed by atoms with E-state index in [2.05, 4.69) is 175 Å². The van der Waals surface area contributed by atoms with Crippen molar-refractivity contribution in [2.24, 2.45) is 0 Å². The van der Waals surface area contributed by atoms with Crippen LogP contribution in [0.25, 0.3) is 82.5 Å². The molecule has 0 saturated carbocycles. The molecule has 0 atom stereocenters. The van der Waals surface area contributed by atoms with Gasteiger partial charge >= 0.3 is 0 Å². The zero-order valence-corrected chi connectivity index (χ0v) is 30.4. The molecule has 3 aromatic heterocycles. The van der Waals surface area contributed by atoms with Crippen LogP contribution in [0, 0.1) is 0 Å². The molecule has 12 rings (SSSR count). The molecule has 0 unspecified atom stereocenters. The number of fused-ring (bicyclic) bond motifs is 11. The maximum atomic E-state index is 6.61. The van der Waals surface area contributed by atoms with Gasteiger partial charge in [-0.15, -0.1) is 0 Å². The van der Waals surface area contributed by atoms with Crippen molar-refractivity contribution in [3.8, 4) is 16.8 Å². The van der Waals surface area contributed by atoms with Crippen LogP contribution in [0.3, 0.4) is 0 Å². The van der Waals surface area contributed by atoms with Gasteiger partial charge in [-0.05, 0) is 82.9 Å². The Morgan fingerprint density at radius 3 is 1.67 bits per heavy atom. The summed E-state index contributed by atoms with van der Waals surface area (Å²) in [5.74, 6) is 0. The maximum Gasteiger partial charge on any atom is 0.159 e. The number of hydrogen-bond donors (Lipinski definition) is 0. The minimum Gasteiger partial charge on any atom is -0.454 e. The van der Waals surface area contributed by atoms with E-state index in [9.17, 15) is 0 Å². The Balaban J connectivity index is 1.05. The fourth-order valence-electron chi connectivity index (χ4n) is 9.37. The van der Waals surface area contributed by atoms with Crippen molar-refractivity contribution < 1.29 is 8.83 Å². The zero-order valence-electron chi connectivity index (χ0n) is 30.4. The van der Waals surface area contributed by atoms with Gasteiger partial charge in [0.25, 0.3) is 0 Å². The van der Waals surface area contributed by atoms with Crippen LogP contribution in [-0.2, 0) is 5.41 Å². The van der Waals surface area contributed by atoms with Gasteiger partial charge in [0.1, 0.15) is 11.2 Å². The molecule has 4 heteroatoms. The number of hydrogen-bond acceptors (Lipinski definition) is 3. The minimum atomic E-state index is -0.244. The van der Waals surface area contributed by atoms with Crippen molar-refractivity contribution in [2.75, 3.05) is 4.90 Å². The molecule has 11 aromatic rings. The van der Waals surface area contributed by atoms with E-state index >= 15 is 0 Å². The Morgan fingerprint density at radius 1 is 0.382 bits per heavy atom. The Labute approximate surface area is 317 Å². The third-order valence-corrected chi connectivity index (χ3v) is 12.0. The fraction of sp³-hybridized carbons (Fsp3) is 0.0588. The van der Waals surface area contributed by atoms with Gasteiger partial charge in [0.05, 0.1) is 33.8 Å². The summed E-state index contributed by atoms with van der Waals surface area (Å²) in [6, 6.07) is 61.0. The second-order valence-electron chi connectivity index (χ2n) is 15.3. The molecular weight excluding hydrogens is 673 g/mol. The smallest absolute Gasteiger partial charge is 0.159 e. The molecule has 55 heavy (non-hydrogen) atoms. The van der Waals surface area contributed by atoms with E-state index in [1.54, 1.807) is 0 Å². The standard InChI is InChI=1S/C51H34N2O2/c1-51(2)39-18-6-8-20-43(39)53(46-22-12-17-37-35-15-5-10-24-48(35)55-50(37)46)44-28-26-32(30-40(44)51)31-25-27-42-38(29-31)33-13-3-7-19-41(33)52(42)45-21-11-16-36-34-14-4-9-23-47(34)54-49(36)45/h3-30H,1-2H3. The van der Waals surface area contributed by atoms with Gasteiger partial charge in [0.15, 0.2) is 11.2 Å². The molecule has 4 nitrogen and oxygen atoms in total. The van der Waals surface area contributed by atoms with E-state index in [1.165, 1.54) is 38.7 Å². The molecule has 0 N–H and O–H groups in total. The monoisotopic (exact) mass is 706 g/mol. The lowest BCUT2D eigenvalue weighted by Crippen LogP contribution is -2.30. The number of nitrogens with zero attached hydrogens (tertiary/aromatic N) is 2. The van der Waals surface area contributed by atoms with Gasteiger partial charge in [-0.1, -0.05) is 123 Å². The number of furan rings is 2. The molecule has 0 radical (unpaired) electrons. The summed E-state index contributed by atoms with van der Waals surface area (Å²) in [4.78, 5) is 2.40. The third kappa shape index (κ3) is 4.17. The second-order valence-corrected chi connectivity index (χ2v) is 15.3. The highest BCUT2D eigenvalue weighted by Gasteiger charge is 2.38. The number of anilines is 3. The summed E-state index contributed by atoms with van der Waals surface area (Å²) in [7, 11) is 0. The Morgan fingerprint density at radius 2 is 0.909 bits per heavy atom. The zero-order chi connectivity index (χ0) is 36.4. The molecule has 1 aliphatic rings. The molecule has 4 heterocycles. The first-order valence-corrected chi connectivity index (χ1v) is 18.9. The van der Waals surface area contributed by atoms with Gasteiger partial charge in [-0.25, -0.2) is 0 Å². The van der Waals surface area contributed by atoms with Gasteiger partial charge in [0, 0.05) is 37.7 Å².